The molecule has 0 bridgehead atoms. The summed E-state index contributed by atoms with van der Waals surface area (Å²) in [4.78, 5) is 11.7. The van der Waals surface area contributed by atoms with Gasteiger partial charge in [-0.15, -0.1) is 0 Å². The van der Waals surface area contributed by atoms with Crippen LogP contribution in [0.1, 0.15) is 5.56 Å². The van der Waals surface area contributed by atoms with Gasteiger partial charge in [-0.25, -0.2) is 4.39 Å². The van der Waals surface area contributed by atoms with E-state index in [9.17, 15) is 9.18 Å². The Kier molecular flexibility index (Phi) is 3.21. The Labute approximate surface area is 85.0 Å². The first-order valence-corrected chi connectivity index (χ1v) is 8.17. The Bertz CT molecular complexity index is 324. The summed E-state index contributed by atoms with van der Waals surface area (Å²) in [6, 6.07) is 6.14. The molecule has 0 aliphatic heterocycles. The molecule has 0 amide bonds. The number of carbonyl (C=O) groups excluding carboxylic acids is 1. The van der Waals surface area contributed by atoms with Crippen LogP contribution in [0.5, 0.6) is 0 Å². The molecule has 0 saturated heterocycles. The van der Waals surface area contributed by atoms with Crippen molar-refractivity contribution in [1.82, 2.24) is 0 Å². The standard InChI is InChI=1S/C11H15FOSi/c1-14(2,3)11(13)8-9-4-6-10(12)7-5-9/h4-7H,8H2,1-3H3. The van der Waals surface area contributed by atoms with Gasteiger partial charge in [0.1, 0.15) is 19.3 Å². The summed E-state index contributed by atoms with van der Waals surface area (Å²) < 4.78 is 12.6. The van der Waals surface area contributed by atoms with Gasteiger partial charge in [0.25, 0.3) is 0 Å². The van der Waals surface area contributed by atoms with Crippen molar-refractivity contribution in [2.45, 2.75) is 26.1 Å². The van der Waals surface area contributed by atoms with Gasteiger partial charge in [-0.1, -0.05) is 31.8 Å². The van der Waals surface area contributed by atoms with Crippen LogP contribution < -0.4 is 0 Å². The molecule has 3 heteroatoms. The summed E-state index contributed by atoms with van der Waals surface area (Å²) in [5.74, 6) is -0.255. The molecular formula is C11H15FOSi. The van der Waals surface area contributed by atoms with Gasteiger partial charge in [0, 0.05) is 6.42 Å². The van der Waals surface area contributed by atoms with Crippen molar-refractivity contribution in [2.75, 3.05) is 0 Å². The summed E-state index contributed by atoms with van der Waals surface area (Å²) in [5, 5.41) is 0.309. The summed E-state index contributed by atoms with van der Waals surface area (Å²) >= 11 is 0. The van der Waals surface area contributed by atoms with E-state index in [1.807, 2.05) is 19.6 Å². The van der Waals surface area contributed by atoms with E-state index in [0.717, 1.165) is 5.56 Å². The molecule has 0 aromatic heterocycles. The molecule has 76 valence electrons. The van der Waals surface area contributed by atoms with Gasteiger partial charge in [0.05, 0.1) is 0 Å². The quantitative estimate of drug-likeness (QED) is 0.701. The fourth-order valence-corrected chi connectivity index (χ4v) is 1.79. The fraction of sp³-hybridized carbons (Fsp3) is 0.364. The van der Waals surface area contributed by atoms with Crippen LogP contribution in [0.25, 0.3) is 0 Å². The highest BCUT2D eigenvalue weighted by Gasteiger charge is 2.23. The van der Waals surface area contributed by atoms with Crippen molar-refractivity contribution in [1.29, 1.82) is 0 Å². The Morgan fingerprint density at radius 1 is 1.21 bits per heavy atom. The SMILES string of the molecule is C[Si](C)(C)C(=O)Cc1ccc(F)cc1. The molecule has 0 atom stereocenters. The molecule has 0 spiro atoms. The Morgan fingerprint density at radius 2 is 1.71 bits per heavy atom. The number of rotatable bonds is 3. The van der Waals surface area contributed by atoms with E-state index in [-0.39, 0.29) is 5.82 Å². The highest BCUT2D eigenvalue weighted by Crippen LogP contribution is 2.09. The van der Waals surface area contributed by atoms with Crippen LogP contribution in [0.15, 0.2) is 24.3 Å². The first kappa shape index (κ1) is 11.1. The minimum Gasteiger partial charge on any atom is -0.305 e. The molecule has 1 nitrogen and oxygen atoms in total. The lowest BCUT2D eigenvalue weighted by Gasteiger charge is -2.13. The molecule has 0 aliphatic rings. The second-order valence-corrected chi connectivity index (χ2v) is 9.53. The average Bonchev–Trinajstić information content (AvgIpc) is 2.07. The molecule has 0 saturated carbocycles. The molecule has 14 heavy (non-hydrogen) atoms. The van der Waals surface area contributed by atoms with Gasteiger partial charge >= 0.3 is 0 Å². The maximum absolute atomic E-state index is 12.6. The largest absolute Gasteiger partial charge is 0.305 e. The number of benzene rings is 1. The number of carbonyl (C=O) groups is 1. The second-order valence-electron chi connectivity index (χ2n) is 4.48. The Balaban J connectivity index is 2.71. The molecule has 1 rings (SSSR count). The van der Waals surface area contributed by atoms with E-state index in [1.165, 1.54) is 12.1 Å². The van der Waals surface area contributed by atoms with Crippen LogP contribution in [0.2, 0.25) is 19.6 Å². The van der Waals surface area contributed by atoms with Crippen LogP contribution in [-0.2, 0) is 11.2 Å². The van der Waals surface area contributed by atoms with Crippen LogP contribution in [-0.4, -0.2) is 13.5 Å². The summed E-state index contributed by atoms with van der Waals surface area (Å²) in [5.41, 5.74) is 0.902. The molecule has 0 radical (unpaired) electrons. The van der Waals surface area contributed by atoms with Gasteiger partial charge in [0.15, 0.2) is 0 Å². The minimum atomic E-state index is -1.69. The maximum Gasteiger partial charge on any atom is 0.124 e. The topological polar surface area (TPSA) is 17.1 Å². The first-order chi connectivity index (χ1) is 6.39. The smallest absolute Gasteiger partial charge is 0.124 e. The van der Waals surface area contributed by atoms with Gasteiger partial charge < -0.3 is 4.79 Å². The monoisotopic (exact) mass is 210 g/mol. The lowest BCUT2D eigenvalue weighted by atomic mass is 10.2. The molecule has 0 fully saturated rings. The summed E-state index contributed by atoms with van der Waals surface area (Å²) in [6.07, 6.45) is 0.440. The highest BCUT2D eigenvalue weighted by molar-refractivity contribution is 7.03. The third kappa shape index (κ3) is 3.07. The normalized spacial score (nSPS) is 11.4. The molecule has 0 aliphatic carbocycles. The summed E-state index contributed by atoms with van der Waals surface area (Å²) in [6.45, 7) is 6.08. The predicted octanol–water partition coefficient (Wildman–Crippen LogP) is 2.81. The maximum atomic E-state index is 12.6. The van der Waals surface area contributed by atoms with Crippen molar-refractivity contribution >= 4 is 13.5 Å². The third-order valence-electron chi connectivity index (χ3n) is 2.11. The molecule has 0 heterocycles. The highest BCUT2D eigenvalue weighted by atomic mass is 28.3. The van der Waals surface area contributed by atoms with E-state index in [2.05, 4.69) is 0 Å². The third-order valence-corrected chi connectivity index (χ3v) is 3.96. The van der Waals surface area contributed by atoms with E-state index >= 15 is 0 Å². The number of halogens is 1. The van der Waals surface area contributed by atoms with Gasteiger partial charge in [-0.3, -0.25) is 0 Å². The van der Waals surface area contributed by atoms with Crippen LogP contribution in [0.4, 0.5) is 4.39 Å². The molecule has 0 N–H and O–H groups in total. The van der Waals surface area contributed by atoms with Crippen molar-refractivity contribution < 1.29 is 9.18 Å². The second kappa shape index (κ2) is 4.05. The van der Waals surface area contributed by atoms with Crippen molar-refractivity contribution in [3.05, 3.63) is 35.6 Å². The zero-order chi connectivity index (χ0) is 10.8. The fourth-order valence-electron chi connectivity index (χ4n) is 1.05. The van der Waals surface area contributed by atoms with E-state index in [4.69, 9.17) is 0 Å². The lowest BCUT2D eigenvalue weighted by molar-refractivity contribution is -0.112. The van der Waals surface area contributed by atoms with E-state index < -0.39 is 8.07 Å². The van der Waals surface area contributed by atoms with Gasteiger partial charge in [0.2, 0.25) is 0 Å². The van der Waals surface area contributed by atoms with Crippen molar-refractivity contribution in [3.63, 3.8) is 0 Å². The van der Waals surface area contributed by atoms with Crippen molar-refractivity contribution in [2.24, 2.45) is 0 Å². The predicted molar refractivity (Wildman–Crippen MR) is 58.5 cm³/mol. The Morgan fingerprint density at radius 3 is 2.14 bits per heavy atom. The molecular weight excluding hydrogens is 195 g/mol. The van der Waals surface area contributed by atoms with Crippen molar-refractivity contribution in [3.8, 4) is 0 Å². The lowest BCUT2D eigenvalue weighted by Crippen LogP contribution is -2.34. The molecule has 0 unspecified atom stereocenters. The summed E-state index contributed by atoms with van der Waals surface area (Å²) in [7, 11) is -1.69. The van der Waals surface area contributed by atoms with Crippen LogP contribution in [0, 0.1) is 5.82 Å². The zero-order valence-corrected chi connectivity index (χ0v) is 9.80. The molecule has 1 aromatic rings. The molecule has 1 aromatic carbocycles. The van der Waals surface area contributed by atoms with Crippen LogP contribution >= 0.6 is 0 Å². The van der Waals surface area contributed by atoms with E-state index in [0.29, 0.717) is 11.8 Å². The number of hydrogen-bond acceptors (Lipinski definition) is 1. The number of hydrogen-bond donors (Lipinski definition) is 0. The first-order valence-electron chi connectivity index (χ1n) is 4.67. The zero-order valence-electron chi connectivity index (χ0n) is 8.80. The average molecular weight is 210 g/mol. The van der Waals surface area contributed by atoms with E-state index in [1.54, 1.807) is 12.1 Å². The van der Waals surface area contributed by atoms with Gasteiger partial charge in [-0.05, 0) is 17.7 Å². The Hall–Kier alpha value is -0.963. The van der Waals surface area contributed by atoms with Crippen LogP contribution in [0.3, 0.4) is 0 Å². The minimum absolute atomic E-state index is 0.255. The van der Waals surface area contributed by atoms with Gasteiger partial charge in [-0.2, -0.15) is 0 Å².